The zero-order valence-electron chi connectivity index (χ0n) is 23.3. The highest BCUT2D eigenvalue weighted by Crippen LogP contribution is 2.35. The highest BCUT2D eigenvalue weighted by Gasteiger charge is 2.34. The number of benzene rings is 1. The van der Waals surface area contributed by atoms with Gasteiger partial charge < -0.3 is 24.5 Å². The van der Waals surface area contributed by atoms with Crippen molar-refractivity contribution >= 4 is 39.1 Å². The van der Waals surface area contributed by atoms with Gasteiger partial charge in [-0.05, 0) is 37.5 Å². The van der Waals surface area contributed by atoms with Gasteiger partial charge in [-0.3, -0.25) is 9.59 Å². The number of sulfonamides is 1. The van der Waals surface area contributed by atoms with Gasteiger partial charge in [-0.15, -0.1) is 0 Å². The number of nitrogens with zero attached hydrogens (tertiary/aromatic N) is 7. The minimum Gasteiger partial charge on any atom is -0.483 e. The van der Waals surface area contributed by atoms with E-state index < -0.39 is 46.4 Å². The molecule has 13 nitrogen and oxygen atoms in total. The van der Waals surface area contributed by atoms with Crippen LogP contribution in [-0.2, 0) is 14.8 Å². The number of β-amino-alcohol motifs (C(OH)–C–C–N with tert-alkyl or cyclic N) is 1. The van der Waals surface area contributed by atoms with Crippen LogP contribution < -0.4 is 14.5 Å². The second kappa shape index (κ2) is 10.7. The summed E-state index contributed by atoms with van der Waals surface area (Å²) in [5.74, 6) is -0.764. The van der Waals surface area contributed by atoms with Crippen LogP contribution in [0.5, 0.6) is 5.75 Å². The van der Waals surface area contributed by atoms with Gasteiger partial charge in [0.05, 0.1) is 36.2 Å². The van der Waals surface area contributed by atoms with E-state index in [2.05, 4.69) is 0 Å². The number of carbonyl (C=O) groups excluding carboxylic acids is 2. The van der Waals surface area contributed by atoms with Gasteiger partial charge in [0.15, 0.2) is 12.3 Å². The second-order valence-corrected chi connectivity index (χ2v) is 12.9. The number of ether oxygens (including phenoxy) is 1. The van der Waals surface area contributed by atoms with Crippen molar-refractivity contribution in [3.05, 3.63) is 47.4 Å². The molecule has 1 aromatic carbocycles. The fourth-order valence-corrected chi connectivity index (χ4v) is 6.51. The molecule has 0 saturated carbocycles. The molecule has 15 heteroatoms. The average Bonchev–Trinajstić information content (AvgIpc) is 3.37. The predicted molar refractivity (Wildman–Crippen MR) is 151 cm³/mol. The molecule has 0 radical (unpaired) electrons. The lowest BCUT2D eigenvalue weighted by Crippen LogP contribution is -2.51. The lowest BCUT2D eigenvalue weighted by molar-refractivity contribution is -0.128. The zero-order valence-corrected chi connectivity index (χ0v) is 24.1. The third kappa shape index (κ3) is 5.22. The number of halogens is 1. The molecule has 3 aromatic rings. The van der Waals surface area contributed by atoms with Crippen molar-refractivity contribution in [2.24, 2.45) is 0 Å². The van der Waals surface area contributed by atoms with Crippen LogP contribution >= 0.6 is 0 Å². The van der Waals surface area contributed by atoms with Crippen molar-refractivity contribution in [1.82, 2.24) is 23.8 Å². The minimum absolute atomic E-state index is 0.0166. The van der Waals surface area contributed by atoms with E-state index in [0.717, 1.165) is 35.5 Å². The topological polar surface area (TPSA) is 141 Å². The Kier molecular flexibility index (Phi) is 7.17. The minimum atomic E-state index is -3.97. The van der Waals surface area contributed by atoms with Gasteiger partial charge in [0.2, 0.25) is 10.0 Å². The van der Waals surface area contributed by atoms with Crippen LogP contribution in [0.15, 0.2) is 30.3 Å². The van der Waals surface area contributed by atoms with E-state index in [0.29, 0.717) is 49.0 Å². The molecule has 1 N–H and O–H groups in total. The molecule has 3 aliphatic rings. The number of piperidine rings is 1. The summed E-state index contributed by atoms with van der Waals surface area (Å²) in [6, 6.07) is 6.67. The maximum Gasteiger partial charge on any atom is 0.274 e. The van der Waals surface area contributed by atoms with Crippen LogP contribution in [0.3, 0.4) is 0 Å². The molecular weight excluding hydrogens is 569 g/mol. The van der Waals surface area contributed by atoms with Crippen LogP contribution in [0, 0.1) is 5.82 Å². The van der Waals surface area contributed by atoms with Crippen molar-refractivity contribution in [3.8, 4) is 5.75 Å². The van der Waals surface area contributed by atoms with Crippen molar-refractivity contribution < 1.29 is 32.2 Å². The average molecular weight is 602 g/mol. The summed E-state index contributed by atoms with van der Waals surface area (Å²) in [4.78, 5) is 37.2. The number of fused-ring (bicyclic) bond motifs is 4. The number of rotatable bonds is 2. The van der Waals surface area contributed by atoms with E-state index in [1.54, 1.807) is 27.4 Å². The normalized spacial score (nSPS) is 20.9. The molecule has 0 aliphatic carbocycles. The molecule has 224 valence electrons. The van der Waals surface area contributed by atoms with Gasteiger partial charge in [0.25, 0.3) is 11.8 Å². The molecule has 2 bridgehead atoms. The lowest BCUT2D eigenvalue weighted by Gasteiger charge is -2.37. The number of likely N-dealkylation sites (N-methyl/N-ethyl adjacent to an activating group) is 1. The Hall–Kier alpha value is -3.98. The molecule has 2 saturated heterocycles. The molecule has 42 heavy (non-hydrogen) atoms. The molecule has 2 aromatic heterocycles. The molecule has 1 unspecified atom stereocenters. The Morgan fingerprint density at radius 1 is 1.07 bits per heavy atom. The Morgan fingerprint density at radius 3 is 2.60 bits per heavy atom. The Bertz CT molecular complexity index is 1660. The zero-order chi connectivity index (χ0) is 29.8. The van der Waals surface area contributed by atoms with Crippen molar-refractivity contribution in [2.75, 3.05) is 62.4 Å². The molecule has 2 fully saturated rings. The Labute approximate surface area is 242 Å². The number of hydrogen-bond acceptors (Lipinski definition) is 10. The van der Waals surface area contributed by atoms with Gasteiger partial charge in [0.1, 0.15) is 23.2 Å². The van der Waals surface area contributed by atoms with Crippen LogP contribution in [0.2, 0.25) is 0 Å². The predicted octanol–water partition coefficient (Wildman–Crippen LogP) is 1.03. The molecule has 5 heterocycles. The number of carbonyl (C=O) groups is 2. The summed E-state index contributed by atoms with van der Waals surface area (Å²) in [5, 5.41) is 14.7. The summed E-state index contributed by atoms with van der Waals surface area (Å²) >= 11 is 0. The summed E-state index contributed by atoms with van der Waals surface area (Å²) in [6.45, 7) is 0.539. The third-order valence-corrected chi connectivity index (χ3v) is 9.12. The van der Waals surface area contributed by atoms with Crippen LogP contribution in [-0.4, -0.2) is 108 Å². The number of amides is 2. The Balaban J connectivity index is 1.50. The number of aliphatic hydroxyl groups is 1. The number of anilines is 2. The molecule has 3 aliphatic heterocycles. The first-order valence-electron chi connectivity index (χ1n) is 13.8. The van der Waals surface area contributed by atoms with Crippen molar-refractivity contribution in [2.45, 2.75) is 31.4 Å². The molecule has 6 rings (SSSR count). The molecular formula is C27H32FN7O6S. The second-order valence-electron chi connectivity index (χ2n) is 11.0. The molecule has 0 spiro atoms. The highest BCUT2D eigenvalue weighted by molar-refractivity contribution is 7.88. The number of aliphatic hydroxyl groups excluding tert-OH is 1. The van der Waals surface area contributed by atoms with Crippen molar-refractivity contribution in [3.63, 3.8) is 0 Å². The van der Waals surface area contributed by atoms with E-state index in [-0.39, 0.29) is 24.4 Å². The highest BCUT2D eigenvalue weighted by atomic mass is 32.2. The van der Waals surface area contributed by atoms with Crippen LogP contribution in [0.4, 0.5) is 16.0 Å². The van der Waals surface area contributed by atoms with Gasteiger partial charge in [-0.2, -0.15) is 9.61 Å². The van der Waals surface area contributed by atoms with E-state index in [1.165, 1.54) is 6.07 Å². The SMILES string of the molecule is CN1CCN(S(C)(=O)=O)C(=O)COc2ccc(F)cc2C(=O)N2CCCCC2c2cc3nc(N4CC(O)C4)cc1n3n2. The summed E-state index contributed by atoms with van der Waals surface area (Å²) in [7, 11) is -2.21. The first kappa shape index (κ1) is 28.2. The first-order chi connectivity index (χ1) is 20.0. The van der Waals surface area contributed by atoms with Crippen LogP contribution in [0.1, 0.15) is 41.4 Å². The van der Waals surface area contributed by atoms with Gasteiger partial charge in [-0.1, -0.05) is 0 Å². The van der Waals surface area contributed by atoms with Crippen LogP contribution in [0.25, 0.3) is 5.65 Å². The standard InChI is InChI=1S/C27H32FN7O6S/c1-31-9-10-34(42(2,39)40)26(37)16-41-22-7-6-17(28)11-19(22)27(38)33-8-4-3-5-21(33)20-12-24-29-23(32-14-18(36)15-32)13-25(31)35(24)30-20/h6-7,11-13,18,21,36H,3-5,8-10,14-16H2,1-2H3. The summed E-state index contributed by atoms with van der Waals surface area (Å²) in [6.07, 6.45) is 2.73. The van der Waals surface area contributed by atoms with E-state index in [9.17, 15) is 27.5 Å². The number of hydrogen-bond donors (Lipinski definition) is 1. The molecule has 2 amide bonds. The van der Waals surface area contributed by atoms with Crippen molar-refractivity contribution in [1.29, 1.82) is 0 Å². The Morgan fingerprint density at radius 2 is 1.86 bits per heavy atom. The summed E-state index contributed by atoms with van der Waals surface area (Å²) in [5.41, 5.74) is 1.07. The van der Waals surface area contributed by atoms with E-state index >= 15 is 0 Å². The fraction of sp³-hybridized carbons (Fsp3) is 0.481. The first-order valence-corrected chi connectivity index (χ1v) is 15.6. The van der Waals surface area contributed by atoms with E-state index in [4.69, 9.17) is 14.8 Å². The monoisotopic (exact) mass is 601 g/mol. The molecule has 1 atom stereocenters. The quantitative estimate of drug-likeness (QED) is 0.453. The fourth-order valence-electron chi connectivity index (χ4n) is 5.68. The summed E-state index contributed by atoms with van der Waals surface area (Å²) < 4.78 is 47.7. The maximum absolute atomic E-state index is 14.4. The van der Waals surface area contributed by atoms with Gasteiger partial charge in [-0.25, -0.2) is 22.1 Å². The third-order valence-electron chi connectivity index (χ3n) is 7.94. The largest absolute Gasteiger partial charge is 0.483 e. The van der Waals surface area contributed by atoms with E-state index in [1.807, 2.05) is 11.0 Å². The number of aromatic nitrogens is 3. The smallest absolute Gasteiger partial charge is 0.274 e. The van der Waals surface area contributed by atoms with Gasteiger partial charge in [0, 0.05) is 45.4 Å². The lowest BCUT2D eigenvalue weighted by atomic mass is 9.98. The van der Waals surface area contributed by atoms with Gasteiger partial charge >= 0.3 is 0 Å². The maximum atomic E-state index is 14.4.